The molecule has 0 aliphatic carbocycles. The minimum atomic E-state index is -4.97. The predicted octanol–water partition coefficient (Wildman–Crippen LogP) is 1.24. The maximum atomic E-state index is 14.8. The number of likely N-dealkylation sites (tertiary alicyclic amines) is 1. The summed E-state index contributed by atoms with van der Waals surface area (Å²) in [6, 6.07) is 3.08. The third-order valence-electron chi connectivity index (χ3n) is 6.18. The summed E-state index contributed by atoms with van der Waals surface area (Å²) in [4.78, 5) is 25.0. The average Bonchev–Trinajstić information content (AvgIpc) is 3.23. The number of ether oxygens (including phenoxy) is 1. The summed E-state index contributed by atoms with van der Waals surface area (Å²) in [5.41, 5.74) is 5.82. The van der Waals surface area contributed by atoms with Crippen LogP contribution in [0.15, 0.2) is 24.3 Å². The second-order valence-electron chi connectivity index (χ2n) is 9.23. The van der Waals surface area contributed by atoms with Crippen LogP contribution in [0.3, 0.4) is 0 Å². The number of hydrogen-bond acceptors (Lipinski definition) is 7. The number of aliphatic hydroxyl groups is 1. The van der Waals surface area contributed by atoms with Gasteiger partial charge in [-0.2, -0.15) is 22.0 Å². The number of sulfone groups is 1. The molecule has 1 aromatic rings. The summed E-state index contributed by atoms with van der Waals surface area (Å²) in [7, 11) is -2.52. The number of methoxy groups -OCH3 is 1. The van der Waals surface area contributed by atoms with E-state index in [-0.39, 0.29) is 6.42 Å². The SMILES string of the molecule is COc1ccc(CS(=O)(=O)C2CC(C(N)=O)N([C@@H](C(C)C)[C@@H](O)C(F)(F)C(=O)NCC(F)(F)F)C2)cc1. The standard InChI is InChI=1S/C22H30F5N3O6S/c1-12(2)17(18(31)22(26,27)20(33)29-11-21(23,24)25)30-9-15(8-16(30)19(28)32)37(34,35)10-13-4-6-14(36-3)7-5-13/h4-7,12,15-18,31H,8-11H2,1-3H3,(H2,28,32)(H,29,33)/t15?,16?,17-,18+/m0/s1. The highest BCUT2D eigenvalue weighted by atomic mass is 32.2. The fourth-order valence-electron chi connectivity index (χ4n) is 4.34. The van der Waals surface area contributed by atoms with Gasteiger partial charge in [0.2, 0.25) is 5.91 Å². The molecular formula is C22H30F5N3O6S. The van der Waals surface area contributed by atoms with Gasteiger partial charge < -0.3 is 20.9 Å². The molecule has 0 aromatic heterocycles. The Balaban J connectivity index is 2.31. The topological polar surface area (TPSA) is 139 Å². The molecule has 4 N–H and O–H groups in total. The Morgan fingerprint density at radius 2 is 1.76 bits per heavy atom. The van der Waals surface area contributed by atoms with Crippen molar-refractivity contribution in [3.8, 4) is 5.75 Å². The highest BCUT2D eigenvalue weighted by molar-refractivity contribution is 7.91. The van der Waals surface area contributed by atoms with E-state index in [2.05, 4.69) is 0 Å². The van der Waals surface area contributed by atoms with Crippen molar-refractivity contribution in [1.82, 2.24) is 10.2 Å². The number of nitrogens with zero attached hydrogens (tertiary/aromatic N) is 1. The van der Waals surface area contributed by atoms with E-state index >= 15 is 0 Å². The molecule has 1 aromatic carbocycles. The zero-order chi connectivity index (χ0) is 28.3. The van der Waals surface area contributed by atoms with E-state index in [0.717, 1.165) is 10.2 Å². The Labute approximate surface area is 211 Å². The van der Waals surface area contributed by atoms with E-state index in [9.17, 15) is 45.1 Å². The average molecular weight is 560 g/mol. The van der Waals surface area contributed by atoms with Crippen LogP contribution < -0.4 is 15.8 Å². The maximum Gasteiger partial charge on any atom is 0.405 e. The van der Waals surface area contributed by atoms with Gasteiger partial charge in [-0.3, -0.25) is 14.5 Å². The number of amides is 2. The van der Waals surface area contributed by atoms with E-state index in [4.69, 9.17) is 10.5 Å². The fourth-order valence-corrected chi connectivity index (χ4v) is 6.11. The van der Waals surface area contributed by atoms with Crippen LogP contribution in [0.5, 0.6) is 5.75 Å². The van der Waals surface area contributed by atoms with Gasteiger partial charge in [-0.1, -0.05) is 26.0 Å². The van der Waals surface area contributed by atoms with E-state index in [1.54, 1.807) is 12.1 Å². The lowest BCUT2D eigenvalue weighted by molar-refractivity contribution is -0.180. The zero-order valence-corrected chi connectivity index (χ0v) is 21.2. The number of aliphatic hydroxyl groups excluding tert-OH is 1. The van der Waals surface area contributed by atoms with Crippen LogP contribution in [0, 0.1) is 5.92 Å². The number of alkyl halides is 5. The van der Waals surface area contributed by atoms with Gasteiger partial charge in [-0.05, 0) is 30.0 Å². The molecule has 0 spiro atoms. The molecular weight excluding hydrogens is 529 g/mol. The molecule has 0 bridgehead atoms. The Kier molecular flexibility index (Phi) is 9.52. The lowest BCUT2D eigenvalue weighted by Gasteiger charge is -2.39. The highest BCUT2D eigenvalue weighted by Gasteiger charge is 2.56. The van der Waals surface area contributed by atoms with Gasteiger partial charge >= 0.3 is 12.1 Å². The minimum absolute atomic E-state index is 0.352. The first kappa shape index (κ1) is 30.7. The van der Waals surface area contributed by atoms with Crippen molar-refractivity contribution in [2.75, 3.05) is 20.2 Å². The van der Waals surface area contributed by atoms with Crippen molar-refractivity contribution >= 4 is 21.7 Å². The molecule has 1 aliphatic rings. The fraction of sp³-hybridized carbons (Fsp3) is 0.636. The number of carbonyl (C=O) groups is 2. The van der Waals surface area contributed by atoms with Gasteiger partial charge in [-0.15, -0.1) is 0 Å². The summed E-state index contributed by atoms with van der Waals surface area (Å²) < 4.78 is 97.9. The van der Waals surface area contributed by atoms with Crippen LogP contribution >= 0.6 is 0 Å². The molecule has 2 unspecified atom stereocenters. The van der Waals surface area contributed by atoms with Crippen LogP contribution in [0.4, 0.5) is 22.0 Å². The van der Waals surface area contributed by atoms with Gasteiger partial charge in [0.25, 0.3) is 5.91 Å². The van der Waals surface area contributed by atoms with Crippen LogP contribution in [-0.4, -0.2) is 86.0 Å². The van der Waals surface area contributed by atoms with E-state index in [1.165, 1.54) is 33.1 Å². The van der Waals surface area contributed by atoms with Crippen LogP contribution in [0.1, 0.15) is 25.8 Å². The molecule has 15 heteroatoms. The molecule has 2 rings (SSSR count). The van der Waals surface area contributed by atoms with Gasteiger partial charge in [0.05, 0.1) is 24.2 Å². The highest BCUT2D eigenvalue weighted by Crippen LogP contribution is 2.35. The number of halogens is 5. The number of nitrogens with one attached hydrogen (secondary N) is 1. The molecule has 1 heterocycles. The van der Waals surface area contributed by atoms with Gasteiger partial charge in [0.15, 0.2) is 9.84 Å². The Bertz CT molecular complexity index is 1070. The van der Waals surface area contributed by atoms with E-state index < -0.39 is 81.9 Å². The first-order chi connectivity index (χ1) is 16.9. The lowest BCUT2D eigenvalue weighted by Crippen LogP contribution is -2.61. The largest absolute Gasteiger partial charge is 0.497 e. The van der Waals surface area contributed by atoms with E-state index in [1.807, 2.05) is 0 Å². The van der Waals surface area contributed by atoms with Crippen LogP contribution in [0.25, 0.3) is 0 Å². The quantitative estimate of drug-likeness (QED) is 0.347. The number of hydrogen-bond donors (Lipinski definition) is 3. The molecule has 4 atom stereocenters. The molecule has 0 radical (unpaired) electrons. The van der Waals surface area contributed by atoms with Crippen molar-refractivity contribution in [3.05, 3.63) is 29.8 Å². The molecule has 37 heavy (non-hydrogen) atoms. The summed E-state index contributed by atoms with van der Waals surface area (Å²) in [5.74, 6) is -8.92. The molecule has 9 nitrogen and oxygen atoms in total. The first-order valence-electron chi connectivity index (χ1n) is 11.2. The van der Waals surface area contributed by atoms with Crippen molar-refractivity contribution in [1.29, 1.82) is 0 Å². The lowest BCUT2D eigenvalue weighted by atomic mass is 9.91. The Morgan fingerprint density at radius 3 is 2.22 bits per heavy atom. The zero-order valence-electron chi connectivity index (χ0n) is 20.3. The summed E-state index contributed by atoms with van der Waals surface area (Å²) in [6.45, 7) is 0.232. The van der Waals surface area contributed by atoms with E-state index in [0.29, 0.717) is 11.3 Å². The van der Waals surface area contributed by atoms with Crippen molar-refractivity contribution in [3.63, 3.8) is 0 Å². The molecule has 1 aliphatic heterocycles. The maximum absolute atomic E-state index is 14.8. The Morgan fingerprint density at radius 1 is 1.19 bits per heavy atom. The summed E-state index contributed by atoms with van der Waals surface area (Å²) in [6.07, 6.45) is -8.19. The smallest absolute Gasteiger partial charge is 0.405 e. The number of primary amides is 1. The molecule has 1 fully saturated rings. The summed E-state index contributed by atoms with van der Waals surface area (Å²) >= 11 is 0. The minimum Gasteiger partial charge on any atom is -0.497 e. The van der Waals surface area contributed by atoms with Crippen LogP contribution in [-0.2, 0) is 25.2 Å². The number of benzene rings is 1. The molecule has 0 saturated carbocycles. The first-order valence-corrected chi connectivity index (χ1v) is 12.9. The summed E-state index contributed by atoms with van der Waals surface area (Å²) in [5, 5.41) is 10.3. The van der Waals surface area contributed by atoms with Crippen molar-refractivity contribution < 1.29 is 49.8 Å². The normalized spacial score (nSPS) is 21.0. The molecule has 1 saturated heterocycles. The third kappa shape index (κ3) is 7.51. The third-order valence-corrected chi connectivity index (χ3v) is 8.27. The number of rotatable bonds is 11. The van der Waals surface area contributed by atoms with Gasteiger partial charge in [0, 0.05) is 12.6 Å². The second-order valence-corrected chi connectivity index (χ2v) is 11.5. The second kappa shape index (κ2) is 11.5. The molecule has 2 amide bonds. The number of carbonyl (C=O) groups excluding carboxylic acids is 2. The number of nitrogens with two attached hydrogens (primary N) is 1. The van der Waals surface area contributed by atoms with Gasteiger partial charge in [-0.25, -0.2) is 8.42 Å². The van der Waals surface area contributed by atoms with Crippen molar-refractivity contribution in [2.45, 2.75) is 61.6 Å². The monoisotopic (exact) mass is 559 g/mol. The van der Waals surface area contributed by atoms with Gasteiger partial charge in [0.1, 0.15) is 18.4 Å². The Hall–Kier alpha value is -2.52. The predicted molar refractivity (Wildman–Crippen MR) is 122 cm³/mol. The van der Waals surface area contributed by atoms with Crippen molar-refractivity contribution in [2.24, 2.45) is 11.7 Å². The molecule has 210 valence electrons. The van der Waals surface area contributed by atoms with Crippen LogP contribution in [0.2, 0.25) is 0 Å².